The molecule has 0 aliphatic heterocycles. The van der Waals surface area contributed by atoms with E-state index in [1.807, 2.05) is 0 Å². The lowest BCUT2D eigenvalue weighted by Crippen LogP contribution is -2.41. The normalized spacial score (nSPS) is 26.7. The van der Waals surface area contributed by atoms with E-state index < -0.39 is 8.32 Å². The second-order valence-electron chi connectivity index (χ2n) is 9.76. The standard InChI is InChI=1S/C22H36O2Si/c1-22(2,3)25(4,5)23-12-11-17-7-6-8-20(14-17)24-21-15-18-9-10-19(13-18)16-21/h6-8,14,18-19,21H,9-13,15-16H2,1-5H3/t18-,19+,21?. The summed E-state index contributed by atoms with van der Waals surface area (Å²) in [4.78, 5) is 0. The van der Waals surface area contributed by atoms with Gasteiger partial charge in [-0.25, -0.2) is 0 Å². The molecule has 0 amide bonds. The second-order valence-corrected chi connectivity index (χ2v) is 14.6. The zero-order valence-electron chi connectivity index (χ0n) is 16.8. The van der Waals surface area contributed by atoms with Crippen molar-refractivity contribution in [3.05, 3.63) is 29.8 Å². The molecule has 0 heterocycles. The maximum Gasteiger partial charge on any atom is 0.191 e. The maximum absolute atomic E-state index is 6.35. The van der Waals surface area contributed by atoms with Gasteiger partial charge in [0.2, 0.25) is 0 Å². The van der Waals surface area contributed by atoms with E-state index in [0.29, 0.717) is 6.10 Å². The van der Waals surface area contributed by atoms with Crippen molar-refractivity contribution in [2.24, 2.45) is 11.8 Å². The highest BCUT2D eigenvalue weighted by Gasteiger charge is 2.37. The lowest BCUT2D eigenvalue weighted by Gasteiger charge is -2.36. The van der Waals surface area contributed by atoms with Gasteiger partial charge < -0.3 is 9.16 Å². The van der Waals surface area contributed by atoms with Crippen LogP contribution < -0.4 is 4.74 Å². The molecule has 0 saturated heterocycles. The van der Waals surface area contributed by atoms with E-state index in [9.17, 15) is 0 Å². The van der Waals surface area contributed by atoms with Crippen molar-refractivity contribution in [3.63, 3.8) is 0 Å². The second kappa shape index (κ2) is 7.44. The number of rotatable bonds is 6. The largest absolute Gasteiger partial charge is 0.490 e. The van der Waals surface area contributed by atoms with Gasteiger partial charge >= 0.3 is 0 Å². The predicted octanol–water partition coefficient (Wildman–Crippen LogP) is 6.21. The summed E-state index contributed by atoms with van der Waals surface area (Å²) in [5, 5.41) is 0.276. The summed E-state index contributed by atoms with van der Waals surface area (Å²) in [6.07, 6.45) is 8.23. The van der Waals surface area contributed by atoms with Gasteiger partial charge in [-0.15, -0.1) is 0 Å². The molecule has 3 atom stereocenters. The third-order valence-electron chi connectivity index (χ3n) is 6.70. The quantitative estimate of drug-likeness (QED) is 0.562. The molecule has 2 aliphatic carbocycles. The Balaban J connectivity index is 1.51. The first kappa shape index (κ1) is 19.0. The first-order valence-electron chi connectivity index (χ1n) is 10.1. The highest BCUT2D eigenvalue weighted by molar-refractivity contribution is 6.74. The number of fused-ring (bicyclic) bond motifs is 2. The topological polar surface area (TPSA) is 18.5 Å². The lowest BCUT2D eigenvalue weighted by molar-refractivity contribution is 0.119. The fourth-order valence-electron chi connectivity index (χ4n) is 4.15. The smallest absolute Gasteiger partial charge is 0.191 e. The molecule has 2 saturated carbocycles. The fraction of sp³-hybridized carbons (Fsp3) is 0.727. The van der Waals surface area contributed by atoms with Gasteiger partial charge in [0.15, 0.2) is 8.32 Å². The molecule has 1 unspecified atom stereocenters. The monoisotopic (exact) mass is 360 g/mol. The average molecular weight is 361 g/mol. The van der Waals surface area contributed by atoms with Crippen molar-refractivity contribution in [3.8, 4) is 5.75 Å². The maximum atomic E-state index is 6.35. The summed E-state index contributed by atoms with van der Waals surface area (Å²) in [6.45, 7) is 12.3. The Labute approximate surface area is 155 Å². The molecule has 3 rings (SSSR count). The van der Waals surface area contributed by atoms with Crippen LogP contribution in [0.1, 0.15) is 58.4 Å². The average Bonchev–Trinajstić information content (AvgIpc) is 2.85. The molecule has 140 valence electrons. The summed E-state index contributed by atoms with van der Waals surface area (Å²) < 4.78 is 12.7. The van der Waals surface area contributed by atoms with E-state index >= 15 is 0 Å². The molecule has 2 bridgehead atoms. The third-order valence-corrected chi connectivity index (χ3v) is 11.2. The molecular weight excluding hydrogens is 324 g/mol. The van der Waals surface area contributed by atoms with Crippen LogP contribution in [0.2, 0.25) is 18.1 Å². The molecule has 0 spiro atoms. The van der Waals surface area contributed by atoms with Crippen LogP contribution in [0.3, 0.4) is 0 Å². The minimum absolute atomic E-state index is 0.276. The van der Waals surface area contributed by atoms with Crippen molar-refractivity contribution in [1.82, 2.24) is 0 Å². The van der Waals surface area contributed by atoms with E-state index in [4.69, 9.17) is 9.16 Å². The van der Waals surface area contributed by atoms with E-state index in [2.05, 4.69) is 58.1 Å². The van der Waals surface area contributed by atoms with Crippen molar-refractivity contribution < 1.29 is 9.16 Å². The summed E-state index contributed by atoms with van der Waals surface area (Å²) in [7, 11) is -1.65. The minimum atomic E-state index is -1.65. The lowest BCUT2D eigenvalue weighted by atomic mass is 9.87. The number of hydrogen-bond donors (Lipinski definition) is 0. The Morgan fingerprint density at radius 1 is 1.04 bits per heavy atom. The molecule has 2 aliphatic rings. The SMILES string of the molecule is CC(C)(C)[Si](C)(C)OCCc1cccc(OC2C[C@H]3CC[C@@H](C2)C3)c1. The first-order valence-corrected chi connectivity index (χ1v) is 13.0. The molecule has 3 heteroatoms. The zero-order chi connectivity index (χ0) is 18.1. The van der Waals surface area contributed by atoms with Gasteiger partial charge in [-0.05, 0) is 73.3 Å². The van der Waals surface area contributed by atoms with Gasteiger partial charge in [0.05, 0.1) is 6.10 Å². The Morgan fingerprint density at radius 2 is 1.72 bits per heavy atom. The van der Waals surface area contributed by atoms with Crippen LogP contribution in [0.4, 0.5) is 0 Å². The molecule has 2 nitrogen and oxygen atoms in total. The van der Waals surface area contributed by atoms with Crippen LogP contribution in [0.5, 0.6) is 5.75 Å². The van der Waals surface area contributed by atoms with E-state index in [0.717, 1.165) is 30.6 Å². The molecular formula is C22H36O2Si. The van der Waals surface area contributed by atoms with Gasteiger partial charge in [0, 0.05) is 6.61 Å². The fourth-order valence-corrected chi connectivity index (χ4v) is 5.20. The summed E-state index contributed by atoms with van der Waals surface area (Å²) in [6, 6.07) is 8.68. The molecule has 0 aromatic heterocycles. The molecule has 0 radical (unpaired) electrons. The van der Waals surface area contributed by atoms with Crippen LogP contribution in [0.25, 0.3) is 0 Å². The van der Waals surface area contributed by atoms with Gasteiger partial charge in [-0.2, -0.15) is 0 Å². The minimum Gasteiger partial charge on any atom is -0.490 e. The summed E-state index contributed by atoms with van der Waals surface area (Å²) in [5.41, 5.74) is 1.33. The molecule has 2 fully saturated rings. The highest BCUT2D eigenvalue weighted by atomic mass is 28.4. The highest BCUT2D eigenvalue weighted by Crippen LogP contribution is 2.43. The summed E-state index contributed by atoms with van der Waals surface area (Å²) in [5.74, 6) is 2.89. The Bertz CT molecular complexity index is 564. The Hall–Kier alpha value is -0.803. The van der Waals surface area contributed by atoms with Gasteiger partial charge in [0.1, 0.15) is 5.75 Å². The molecule has 1 aromatic carbocycles. The molecule has 1 aromatic rings. The van der Waals surface area contributed by atoms with Crippen molar-refractivity contribution >= 4 is 8.32 Å². The van der Waals surface area contributed by atoms with E-state index in [1.165, 1.54) is 37.7 Å². The zero-order valence-corrected chi connectivity index (χ0v) is 17.8. The van der Waals surface area contributed by atoms with Crippen molar-refractivity contribution in [2.75, 3.05) is 6.61 Å². The Kier molecular flexibility index (Phi) is 5.65. The van der Waals surface area contributed by atoms with Crippen LogP contribution in [-0.2, 0) is 10.8 Å². The van der Waals surface area contributed by atoms with Gasteiger partial charge in [-0.1, -0.05) is 45.7 Å². The Morgan fingerprint density at radius 3 is 2.36 bits per heavy atom. The van der Waals surface area contributed by atoms with E-state index in [-0.39, 0.29) is 5.04 Å². The number of benzene rings is 1. The predicted molar refractivity (Wildman–Crippen MR) is 108 cm³/mol. The van der Waals surface area contributed by atoms with Crippen molar-refractivity contribution in [2.45, 2.75) is 83.5 Å². The number of hydrogen-bond acceptors (Lipinski definition) is 2. The van der Waals surface area contributed by atoms with E-state index in [1.54, 1.807) is 0 Å². The number of ether oxygens (including phenoxy) is 1. The van der Waals surface area contributed by atoms with Gasteiger partial charge in [0.25, 0.3) is 0 Å². The van der Waals surface area contributed by atoms with Crippen LogP contribution in [-0.4, -0.2) is 21.0 Å². The van der Waals surface area contributed by atoms with Crippen LogP contribution in [0.15, 0.2) is 24.3 Å². The molecule has 0 N–H and O–H groups in total. The van der Waals surface area contributed by atoms with Crippen molar-refractivity contribution in [1.29, 1.82) is 0 Å². The molecule has 25 heavy (non-hydrogen) atoms. The van der Waals surface area contributed by atoms with Crippen LogP contribution in [0, 0.1) is 11.8 Å². The summed E-state index contributed by atoms with van der Waals surface area (Å²) >= 11 is 0. The van der Waals surface area contributed by atoms with Crippen LogP contribution >= 0.6 is 0 Å². The third kappa shape index (κ3) is 4.88. The van der Waals surface area contributed by atoms with Gasteiger partial charge in [-0.3, -0.25) is 0 Å². The first-order chi connectivity index (χ1) is 11.7.